The fraction of sp³-hybridized carbons (Fsp3) is 0.235. The van der Waals surface area contributed by atoms with Gasteiger partial charge in [-0.15, -0.1) is 0 Å². The molecule has 0 heterocycles. The van der Waals surface area contributed by atoms with E-state index in [4.69, 9.17) is 4.74 Å². The van der Waals surface area contributed by atoms with Crippen LogP contribution in [-0.4, -0.2) is 5.78 Å². The Hall–Kier alpha value is -2.09. The predicted molar refractivity (Wildman–Crippen MR) is 76.5 cm³/mol. The highest BCUT2D eigenvalue weighted by molar-refractivity contribution is 5.95. The molecular formula is C17H18O2. The molecule has 1 atom stereocenters. The number of ether oxygens (including phenoxy) is 1. The molecule has 2 rings (SSSR count). The minimum Gasteiger partial charge on any atom is -0.486 e. The van der Waals surface area contributed by atoms with Gasteiger partial charge in [0, 0.05) is 12.0 Å². The number of Topliss-reactive ketones (excluding diaryl/α,β-unsaturated/α-hetero) is 1. The fourth-order valence-corrected chi connectivity index (χ4v) is 1.92. The van der Waals surface area contributed by atoms with E-state index in [1.807, 2.05) is 68.4 Å². The number of carbonyl (C=O) groups is 1. The molecule has 1 unspecified atom stereocenters. The molecule has 0 radical (unpaired) electrons. The summed E-state index contributed by atoms with van der Waals surface area (Å²) in [5.74, 6) is 0.937. The van der Waals surface area contributed by atoms with Crippen LogP contribution in [0.25, 0.3) is 0 Å². The summed E-state index contributed by atoms with van der Waals surface area (Å²) in [7, 11) is 0. The van der Waals surface area contributed by atoms with Gasteiger partial charge in [-0.3, -0.25) is 4.79 Å². The van der Waals surface area contributed by atoms with Gasteiger partial charge in [0.05, 0.1) is 0 Å². The van der Waals surface area contributed by atoms with Gasteiger partial charge in [-0.1, -0.05) is 37.3 Å². The van der Waals surface area contributed by atoms with E-state index >= 15 is 0 Å². The molecule has 0 N–H and O–H groups in total. The lowest BCUT2D eigenvalue weighted by Gasteiger charge is -2.15. The van der Waals surface area contributed by atoms with Crippen LogP contribution in [0.1, 0.15) is 42.3 Å². The maximum atomic E-state index is 11.5. The summed E-state index contributed by atoms with van der Waals surface area (Å²) in [6.07, 6.45) is 0.523. The highest BCUT2D eigenvalue weighted by atomic mass is 16.5. The second-order valence-electron chi connectivity index (χ2n) is 4.47. The van der Waals surface area contributed by atoms with Crippen molar-refractivity contribution in [2.45, 2.75) is 26.4 Å². The van der Waals surface area contributed by atoms with Crippen LogP contribution >= 0.6 is 0 Å². The van der Waals surface area contributed by atoms with Gasteiger partial charge in [-0.05, 0) is 36.8 Å². The Morgan fingerprint density at radius 2 is 1.68 bits per heavy atom. The van der Waals surface area contributed by atoms with Crippen molar-refractivity contribution in [3.8, 4) is 5.75 Å². The van der Waals surface area contributed by atoms with Gasteiger partial charge in [-0.25, -0.2) is 0 Å². The van der Waals surface area contributed by atoms with Crippen LogP contribution in [0.15, 0.2) is 54.6 Å². The van der Waals surface area contributed by atoms with Gasteiger partial charge < -0.3 is 4.74 Å². The van der Waals surface area contributed by atoms with Crippen molar-refractivity contribution in [3.63, 3.8) is 0 Å². The molecule has 2 nitrogen and oxygen atoms in total. The van der Waals surface area contributed by atoms with E-state index in [2.05, 4.69) is 0 Å². The monoisotopic (exact) mass is 254 g/mol. The van der Waals surface area contributed by atoms with Gasteiger partial charge in [0.15, 0.2) is 5.78 Å². The molecule has 19 heavy (non-hydrogen) atoms. The maximum absolute atomic E-state index is 11.5. The largest absolute Gasteiger partial charge is 0.486 e. The van der Waals surface area contributed by atoms with E-state index in [0.29, 0.717) is 6.42 Å². The summed E-state index contributed by atoms with van der Waals surface area (Å²) in [5.41, 5.74) is 1.87. The quantitative estimate of drug-likeness (QED) is 0.738. The fourth-order valence-electron chi connectivity index (χ4n) is 1.92. The first-order valence-electron chi connectivity index (χ1n) is 6.55. The second-order valence-corrected chi connectivity index (χ2v) is 4.47. The molecule has 2 aromatic rings. The van der Waals surface area contributed by atoms with Crippen molar-refractivity contribution in [2.75, 3.05) is 0 Å². The van der Waals surface area contributed by atoms with Gasteiger partial charge in [-0.2, -0.15) is 0 Å². The summed E-state index contributed by atoms with van der Waals surface area (Å²) in [6, 6.07) is 17.4. The lowest BCUT2D eigenvalue weighted by Crippen LogP contribution is -2.03. The van der Waals surface area contributed by atoms with E-state index in [9.17, 15) is 4.79 Å². The van der Waals surface area contributed by atoms with Crippen LogP contribution in [0, 0.1) is 0 Å². The molecule has 0 fully saturated rings. The smallest absolute Gasteiger partial charge is 0.162 e. The molecule has 98 valence electrons. The molecule has 0 amide bonds. The number of hydrogen-bond donors (Lipinski definition) is 0. The zero-order valence-corrected chi connectivity index (χ0v) is 11.3. The number of hydrogen-bond acceptors (Lipinski definition) is 2. The Kier molecular flexibility index (Phi) is 4.35. The molecule has 2 aromatic carbocycles. The average molecular weight is 254 g/mol. The van der Waals surface area contributed by atoms with Crippen molar-refractivity contribution in [2.24, 2.45) is 0 Å². The van der Waals surface area contributed by atoms with Gasteiger partial charge >= 0.3 is 0 Å². The first-order chi connectivity index (χ1) is 9.20. The molecule has 0 saturated heterocycles. The first kappa shape index (κ1) is 13.3. The lowest BCUT2D eigenvalue weighted by atomic mass is 10.1. The zero-order valence-electron chi connectivity index (χ0n) is 11.3. The summed E-state index contributed by atoms with van der Waals surface area (Å²) < 4.78 is 5.86. The molecule has 0 aromatic heterocycles. The minimum absolute atomic E-state index is 0.00562. The molecule has 0 aliphatic carbocycles. The van der Waals surface area contributed by atoms with Crippen LogP contribution in [0.4, 0.5) is 0 Å². The van der Waals surface area contributed by atoms with E-state index in [1.165, 1.54) is 0 Å². The third kappa shape index (κ3) is 3.44. The van der Waals surface area contributed by atoms with Crippen LogP contribution in [0.5, 0.6) is 5.75 Å². The van der Waals surface area contributed by atoms with Gasteiger partial charge in [0.2, 0.25) is 0 Å². The predicted octanol–water partition coefficient (Wildman–Crippen LogP) is 4.42. The molecular weight excluding hydrogens is 236 g/mol. The standard InChI is InChI=1S/C17H18O2/c1-3-17(18)15-9-11-16(12-10-15)19-13(2)14-7-5-4-6-8-14/h4-13H,3H2,1-2H3. The normalized spacial score (nSPS) is 11.9. The molecule has 0 spiro atoms. The van der Waals surface area contributed by atoms with E-state index in [-0.39, 0.29) is 11.9 Å². The van der Waals surface area contributed by atoms with Crippen molar-refractivity contribution in [3.05, 3.63) is 65.7 Å². The number of benzene rings is 2. The zero-order chi connectivity index (χ0) is 13.7. The Bertz CT molecular complexity index is 529. The van der Waals surface area contributed by atoms with Crippen LogP contribution in [0.3, 0.4) is 0 Å². The molecule has 2 heteroatoms. The SMILES string of the molecule is CCC(=O)c1ccc(OC(C)c2ccccc2)cc1. The number of rotatable bonds is 5. The molecule has 0 saturated carbocycles. The lowest BCUT2D eigenvalue weighted by molar-refractivity contribution is 0.0988. The average Bonchev–Trinajstić information content (AvgIpc) is 2.48. The van der Waals surface area contributed by atoms with Crippen LogP contribution < -0.4 is 4.74 Å². The highest BCUT2D eigenvalue weighted by Gasteiger charge is 2.07. The van der Waals surface area contributed by atoms with Crippen LogP contribution in [-0.2, 0) is 0 Å². The Labute approximate surface area is 114 Å². The van der Waals surface area contributed by atoms with Crippen molar-refractivity contribution in [1.29, 1.82) is 0 Å². The Morgan fingerprint density at radius 3 is 2.26 bits per heavy atom. The van der Waals surface area contributed by atoms with Gasteiger partial charge in [0.1, 0.15) is 11.9 Å². The van der Waals surface area contributed by atoms with E-state index < -0.39 is 0 Å². The van der Waals surface area contributed by atoms with Crippen molar-refractivity contribution < 1.29 is 9.53 Å². The summed E-state index contributed by atoms with van der Waals surface area (Å²) in [5, 5.41) is 0. The van der Waals surface area contributed by atoms with E-state index in [1.54, 1.807) is 0 Å². The summed E-state index contributed by atoms with van der Waals surface area (Å²) >= 11 is 0. The molecule has 0 aliphatic heterocycles. The second kappa shape index (κ2) is 6.19. The Morgan fingerprint density at radius 1 is 1.05 bits per heavy atom. The number of ketones is 1. The summed E-state index contributed by atoms with van der Waals surface area (Å²) in [6.45, 7) is 3.88. The van der Waals surface area contributed by atoms with Crippen molar-refractivity contribution in [1.82, 2.24) is 0 Å². The maximum Gasteiger partial charge on any atom is 0.162 e. The highest BCUT2D eigenvalue weighted by Crippen LogP contribution is 2.22. The third-order valence-electron chi connectivity index (χ3n) is 3.08. The third-order valence-corrected chi connectivity index (χ3v) is 3.08. The Balaban J connectivity index is 2.06. The topological polar surface area (TPSA) is 26.3 Å². The minimum atomic E-state index is -0.00562. The summed E-state index contributed by atoms with van der Waals surface area (Å²) in [4.78, 5) is 11.5. The molecule has 0 aliphatic rings. The van der Waals surface area contributed by atoms with Gasteiger partial charge in [0.25, 0.3) is 0 Å². The van der Waals surface area contributed by atoms with Crippen molar-refractivity contribution >= 4 is 5.78 Å². The molecule has 0 bridgehead atoms. The van der Waals surface area contributed by atoms with Crippen LogP contribution in [0.2, 0.25) is 0 Å². The number of carbonyl (C=O) groups excluding carboxylic acids is 1. The van der Waals surface area contributed by atoms with E-state index in [0.717, 1.165) is 16.9 Å². The first-order valence-corrected chi connectivity index (χ1v) is 6.55.